The smallest absolute Gasteiger partial charge is 0.163 e. The monoisotopic (exact) mass is 409 g/mol. The molecule has 1 atom stereocenters. The summed E-state index contributed by atoms with van der Waals surface area (Å²) in [6.07, 6.45) is 3.64. The molecule has 5 heterocycles. The van der Waals surface area contributed by atoms with E-state index in [0.717, 1.165) is 44.7 Å². The molecule has 0 saturated carbocycles. The van der Waals surface area contributed by atoms with Crippen molar-refractivity contribution in [3.63, 3.8) is 0 Å². The summed E-state index contributed by atoms with van der Waals surface area (Å²) >= 11 is 1.59. The highest BCUT2D eigenvalue weighted by Gasteiger charge is 2.28. The summed E-state index contributed by atoms with van der Waals surface area (Å²) in [6, 6.07) is 4.15. The summed E-state index contributed by atoms with van der Waals surface area (Å²) in [5.41, 5.74) is 2.37. The summed E-state index contributed by atoms with van der Waals surface area (Å²) in [5, 5.41) is 13.7. The Bertz CT molecular complexity index is 1190. The second-order valence-corrected chi connectivity index (χ2v) is 8.85. The van der Waals surface area contributed by atoms with Gasteiger partial charge in [0.15, 0.2) is 11.6 Å². The van der Waals surface area contributed by atoms with Crippen molar-refractivity contribution in [3.8, 4) is 11.4 Å². The molecule has 0 radical (unpaired) electrons. The zero-order chi connectivity index (χ0) is 20.2. The molecule has 0 aliphatic carbocycles. The molecular formula is C21H23N5O2S. The fourth-order valence-electron chi connectivity index (χ4n) is 3.85. The zero-order valence-corrected chi connectivity index (χ0v) is 17.5. The molecule has 29 heavy (non-hydrogen) atoms. The Labute approximate surface area is 172 Å². The third kappa shape index (κ3) is 3.08. The molecule has 0 spiro atoms. The number of hydrogen-bond acceptors (Lipinski definition) is 7. The van der Waals surface area contributed by atoms with Crippen LogP contribution in [-0.2, 0) is 10.3 Å². The molecule has 4 aromatic rings. The fraction of sp³-hybridized carbons (Fsp3) is 0.381. The number of aromatic nitrogens is 4. The Balaban J connectivity index is 1.79. The van der Waals surface area contributed by atoms with E-state index in [2.05, 4.69) is 21.8 Å². The molecule has 1 aliphatic heterocycles. The largest absolute Gasteiger partial charge is 0.386 e. The van der Waals surface area contributed by atoms with Crippen molar-refractivity contribution >= 4 is 38.4 Å². The third-order valence-electron chi connectivity index (χ3n) is 5.40. The van der Waals surface area contributed by atoms with Crippen LogP contribution >= 0.6 is 11.3 Å². The Morgan fingerprint density at radius 1 is 1.31 bits per heavy atom. The fourth-order valence-corrected chi connectivity index (χ4v) is 5.02. The van der Waals surface area contributed by atoms with E-state index in [1.807, 2.05) is 23.7 Å². The highest BCUT2D eigenvalue weighted by Crippen LogP contribution is 2.39. The molecule has 2 N–H and O–H groups in total. The van der Waals surface area contributed by atoms with Gasteiger partial charge in [-0.15, -0.1) is 11.3 Å². The summed E-state index contributed by atoms with van der Waals surface area (Å²) in [6.45, 7) is 7.86. The first kappa shape index (κ1) is 18.5. The summed E-state index contributed by atoms with van der Waals surface area (Å²) in [5.74, 6) is 1.55. The number of ether oxygens (including phenoxy) is 1. The number of thiophene rings is 1. The predicted molar refractivity (Wildman–Crippen MR) is 115 cm³/mol. The first-order chi connectivity index (χ1) is 13.9. The summed E-state index contributed by atoms with van der Waals surface area (Å²) in [4.78, 5) is 19.8. The second kappa shape index (κ2) is 6.76. The molecule has 0 bridgehead atoms. The zero-order valence-electron chi connectivity index (χ0n) is 16.6. The number of aliphatic hydroxyl groups is 1. The first-order valence-corrected chi connectivity index (χ1v) is 10.6. The van der Waals surface area contributed by atoms with Gasteiger partial charge < -0.3 is 19.7 Å². The van der Waals surface area contributed by atoms with Crippen molar-refractivity contribution in [2.75, 3.05) is 24.7 Å². The van der Waals surface area contributed by atoms with Gasteiger partial charge in [0.25, 0.3) is 0 Å². The van der Waals surface area contributed by atoms with Gasteiger partial charge in [-0.1, -0.05) is 0 Å². The van der Waals surface area contributed by atoms with Gasteiger partial charge in [0.05, 0.1) is 35.1 Å². The quantitative estimate of drug-likeness (QED) is 0.537. The minimum atomic E-state index is -0.987. The van der Waals surface area contributed by atoms with E-state index in [1.54, 1.807) is 31.4 Å². The van der Waals surface area contributed by atoms with Crippen LogP contribution in [0.2, 0.25) is 0 Å². The van der Waals surface area contributed by atoms with Crippen molar-refractivity contribution < 1.29 is 9.84 Å². The van der Waals surface area contributed by atoms with Crippen molar-refractivity contribution in [3.05, 3.63) is 35.5 Å². The number of morpholine rings is 1. The van der Waals surface area contributed by atoms with Gasteiger partial charge in [-0.3, -0.25) is 0 Å². The summed E-state index contributed by atoms with van der Waals surface area (Å²) < 4.78 is 6.63. The van der Waals surface area contributed by atoms with E-state index >= 15 is 0 Å². The maximum atomic E-state index is 10.7. The maximum absolute atomic E-state index is 10.7. The first-order valence-electron chi connectivity index (χ1n) is 9.72. The van der Waals surface area contributed by atoms with Gasteiger partial charge in [-0.05, 0) is 38.3 Å². The molecule has 1 aliphatic rings. The number of H-pyrrole nitrogens is 1. The van der Waals surface area contributed by atoms with Crippen LogP contribution in [0.1, 0.15) is 26.3 Å². The summed E-state index contributed by atoms with van der Waals surface area (Å²) in [7, 11) is 0. The van der Waals surface area contributed by atoms with E-state index in [0.29, 0.717) is 19.0 Å². The van der Waals surface area contributed by atoms with E-state index in [4.69, 9.17) is 14.7 Å². The van der Waals surface area contributed by atoms with Crippen LogP contribution in [0.4, 0.5) is 5.82 Å². The molecule has 8 heteroatoms. The standard InChI is InChI=1S/C21H23N5O2S/c1-12-10-28-9-8-26(12)20-17-16(15(11-29-17)21(2,3)27)24-19(25-20)14-5-7-23-18-13(14)4-6-22-18/h4-7,11-12,27H,8-10H2,1-3H3,(H,22,23)/t12-/m1/s1. The average molecular weight is 410 g/mol. The van der Waals surface area contributed by atoms with Crippen molar-refractivity contribution in [1.29, 1.82) is 0 Å². The normalized spacial score (nSPS) is 18.1. The number of hydrogen-bond donors (Lipinski definition) is 2. The van der Waals surface area contributed by atoms with Crippen LogP contribution in [-0.4, -0.2) is 50.8 Å². The van der Waals surface area contributed by atoms with Gasteiger partial charge >= 0.3 is 0 Å². The molecule has 150 valence electrons. The molecule has 0 aromatic carbocycles. The third-order valence-corrected chi connectivity index (χ3v) is 6.36. The van der Waals surface area contributed by atoms with Crippen molar-refractivity contribution in [1.82, 2.24) is 19.9 Å². The molecule has 5 rings (SSSR count). The van der Waals surface area contributed by atoms with Gasteiger partial charge in [-0.2, -0.15) is 0 Å². The number of anilines is 1. The lowest BCUT2D eigenvalue weighted by molar-refractivity contribution is 0.0804. The van der Waals surface area contributed by atoms with Gasteiger partial charge in [0.1, 0.15) is 5.65 Å². The topological polar surface area (TPSA) is 87.2 Å². The number of nitrogens with one attached hydrogen (secondary N) is 1. The Hall–Kier alpha value is -2.55. The highest BCUT2D eigenvalue weighted by molar-refractivity contribution is 7.18. The Kier molecular flexibility index (Phi) is 4.31. The lowest BCUT2D eigenvalue weighted by Gasteiger charge is -2.34. The lowest BCUT2D eigenvalue weighted by Crippen LogP contribution is -2.44. The molecule has 7 nitrogen and oxygen atoms in total. The van der Waals surface area contributed by atoms with E-state index < -0.39 is 5.60 Å². The van der Waals surface area contributed by atoms with Gasteiger partial charge in [0.2, 0.25) is 0 Å². The number of pyridine rings is 1. The predicted octanol–water partition coefficient (Wildman–Crippen LogP) is 3.69. The molecule has 1 fully saturated rings. The molecular weight excluding hydrogens is 386 g/mol. The van der Waals surface area contributed by atoms with Crippen LogP contribution in [0.5, 0.6) is 0 Å². The number of rotatable bonds is 3. The number of fused-ring (bicyclic) bond motifs is 2. The number of aromatic amines is 1. The maximum Gasteiger partial charge on any atom is 0.163 e. The lowest BCUT2D eigenvalue weighted by atomic mass is 10.0. The van der Waals surface area contributed by atoms with Crippen LogP contribution in [0.15, 0.2) is 29.9 Å². The SMILES string of the molecule is C[C@@H]1COCCN1c1nc(-c2ccnc3[nH]ccc23)nc2c(C(C)(C)O)csc12. The van der Waals surface area contributed by atoms with E-state index in [1.165, 1.54) is 0 Å². The van der Waals surface area contributed by atoms with Crippen molar-refractivity contribution in [2.45, 2.75) is 32.4 Å². The minimum Gasteiger partial charge on any atom is -0.386 e. The Morgan fingerprint density at radius 2 is 2.17 bits per heavy atom. The second-order valence-electron chi connectivity index (χ2n) is 7.97. The molecule has 4 aromatic heterocycles. The number of nitrogens with zero attached hydrogens (tertiary/aromatic N) is 4. The van der Waals surface area contributed by atoms with Crippen LogP contribution in [0, 0.1) is 0 Å². The highest BCUT2D eigenvalue weighted by atomic mass is 32.1. The average Bonchev–Trinajstić information content (AvgIpc) is 3.34. The Morgan fingerprint density at radius 3 is 2.97 bits per heavy atom. The van der Waals surface area contributed by atoms with E-state index in [9.17, 15) is 5.11 Å². The van der Waals surface area contributed by atoms with Crippen LogP contribution < -0.4 is 4.90 Å². The van der Waals surface area contributed by atoms with E-state index in [-0.39, 0.29) is 6.04 Å². The van der Waals surface area contributed by atoms with Crippen LogP contribution in [0.25, 0.3) is 32.6 Å². The van der Waals surface area contributed by atoms with Gasteiger partial charge in [0, 0.05) is 35.5 Å². The molecule has 1 saturated heterocycles. The van der Waals surface area contributed by atoms with Crippen LogP contribution in [0.3, 0.4) is 0 Å². The molecule has 0 amide bonds. The minimum absolute atomic E-state index is 0.215. The molecule has 0 unspecified atom stereocenters. The van der Waals surface area contributed by atoms with Gasteiger partial charge in [-0.25, -0.2) is 15.0 Å². The van der Waals surface area contributed by atoms with Crippen molar-refractivity contribution in [2.24, 2.45) is 0 Å².